The molecule has 0 aromatic rings. The Morgan fingerprint density at radius 3 is 2.80 bits per heavy atom. The molecule has 1 aliphatic carbocycles. The summed E-state index contributed by atoms with van der Waals surface area (Å²) in [7, 11) is 0. The van der Waals surface area contributed by atoms with Gasteiger partial charge in [0.25, 0.3) is 0 Å². The van der Waals surface area contributed by atoms with Crippen LogP contribution in [0.1, 0.15) is 26.2 Å². The highest BCUT2D eigenvalue weighted by Crippen LogP contribution is 2.16. The first-order valence-corrected chi connectivity index (χ1v) is 7.73. The van der Waals surface area contributed by atoms with Gasteiger partial charge in [-0.2, -0.15) is 0 Å². The molecule has 0 bridgehead atoms. The van der Waals surface area contributed by atoms with E-state index in [1.54, 1.807) is 0 Å². The van der Waals surface area contributed by atoms with Gasteiger partial charge in [0.2, 0.25) is 0 Å². The van der Waals surface area contributed by atoms with E-state index in [-0.39, 0.29) is 24.6 Å². The highest BCUT2D eigenvalue weighted by Gasteiger charge is 2.20. The predicted molar refractivity (Wildman–Crippen MR) is 79.5 cm³/mol. The Morgan fingerprint density at radius 1 is 1.40 bits per heavy atom. The molecule has 5 heteroatoms. The van der Waals surface area contributed by atoms with Crippen LogP contribution in [0.25, 0.3) is 0 Å². The molecule has 0 radical (unpaired) electrons. The van der Waals surface area contributed by atoms with Gasteiger partial charge in [0.1, 0.15) is 0 Å². The second-order valence-corrected chi connectivity index (χ2v) is 6.14. The van der Waals surface area contributed by atoms with E-state index < -0.39 is 0 Å². The summed E-state index contributed by atoms with van der Waals surface area (Å²) in [5, 5.41) is 14.9. The molecule has 2 rings (SSSR count). The molecule has 1 unspecified atom stereocenters. The number of aliphatic hydroxyl groups excluding tert-OH is 1. The lowest BCUT2D eigenvalue weighted by Crippen LogP contribution is -2.43. The van der Waals surface area contributed by atoms with Crippen LogP contribution in [0.5, 0.6) is 0 Å². The van der Waals surface area contributed by atoms with Crippen LogP contribution < -0.4 is 10.6 Å². The van der Waals surface area contributed by atoms with Gasteiger partial charge in [-0.25, -0.2) is 4.79 Å². The molecular weight excluding hydrogens is 254 g/mol. The standard InChI is InChI=1S/C15H27N3O2/c1-12(10-18-6-2-3-7-18)9-16-15(20)17-14-5-4-13(8-14)11-19/h4-5,12-14,19H,2-3,6-11H2,1H3,(H2,16,17,20)/t12?,13-,14+/m0/s1. The molecule has 1 saturated heterocycles. The zero-order valence-corrected chi connectivity index (χ0v) is 12.3. The molecule has 114 valence electrons. The minimum absolute atomic E-state index is 0.0565. The molecule has 0 aromatic carbocycles. The quantitative estimate of drug-likeness (QED) is 0.635. The molecular formula is C15H27N3O2. The summed E-state index contributed by atoms with van der Waals surface area (Å²) >= 11 is 0. The minimum atomic E-state index is -0.105. The van der Waals surface area contributed by atoms with Crippen molar-refractivity contribution in [2.24, 2.45) is 11.8 Å². The van der Waals surface area contributed by atoms with E-state index >= 15 is 0 Å². The second kappa shape index (κ2) is 7.64. The van der Waals surface area contributed by atoms with Crippen LogP contribution >= 0.6 is 0 Å². The summed E-state index contributed by atoms with van der Waals surface area (Å²) < 4.78 is 0. The topological polar surface area (TPSA) is 64.6 Å². The number of likely N-dealkylation sites (tertiary alicyclic amines) is 1. The third kappa shape index (κ3) is 4.80. The monoisotopic (exact) mass is 281 g/mol. The number of hydrogen-bond acceptors (Lipinski definition) is 3. The lowest BCUT2D eigenvalue weighted by Gasteiger charge is -2.21. The van der Waals surface area contributed by atoms with Crippen LogP contribution in [0.15, 0.2) is 12.2 Å². The molecule has 20 heavy (non-hydrogen) atoms. The molecule has 0 spiro atoms. The molecule has 2 amide bonds. The maximum absolute atomic E-state index is 11.8. The normalized spacial score (nSPS) is 27.7. The number of nitrogens with zero attached hydrogens (tertiary/aromatic N) is 1. The van der Waals surface area contributed by atoms with Crippen molar-refractivity contribution in [3.8, 4) is 0 Å². The van der Waals surface area contributed by atoms with Crippen LogP contribution in [0, 0.1) is 11.8 Å². The summed E-state index contributed by atoms with van der Waals surface area (Å²) in [6, 6.07) is -0.0486. The third-order valence-electron chi connectivity index (χ3n) is 4.10. The molecule has 0 saturated carbocycles. The molecule has 3 atom stereocenters. The predicted octanol–water partition coefficient (Wildman–Crippen LogP) is 0.955. The van der Waals surface area contributed by atoms with Crippen molar-refractivity contribution < 1.29 is 9.90 Å². The van der Waals surface area contributed by atoms with Gasteiger partial charge in [0, 0.05) is 31.7 Å². The van der Waals surface area contributed by atoms with E-state index in [4.69, 9.17) is 5.11 Å². The van der Waals surface area contributed by atoms with Crippen LogP contribution in [-0.2, 0) is 0 Å². The maximum atomic E-state index is 11.8. The first-order valence-electron chi connectivity index (χ1n) is 7.73. The largest absolute Gasteiger partial charge is 0.396 e. The van der Waals surface area contributed by atoms with Gasteiger partial charge in [0.05, 0.1) is 0 Å². The fourth-order valence-electron chi connectivity index (χ4n) is 2.97. The van der Waals surface area contributed by atoms with Gasteiger partial charge >= 0.3 is 6.03 Å². The smallest absolute Gasteiger partial charge is 0.315 e. The van der Waals surface area contributed by atoms with E-state index in [1.165, 1.54) is 25.9 Å². The number of aliphatic hydroxyl groups is 1. The number of carbonyl (C=O) groups excluding carboxylic acids is 1. The van der Waals surface area contributed by atoms with Gasteiger partial charge in [-0.3, -0.25) is 0 Å². The number of nitrogens with one attached hydrogen (secondary N) is 2. The fourth-order valence-corrected chi connectivity index (χ4v) is 2.97. The average Bonchev–Trinajstić information content (AvgIpc) is 3.08. The van der Waals surface area contributed by atoms with Crippen molar-refractivity contribution in [3.05, 3.63) is 12.2 Å². The average molecular weight is 281 g/mol. The first kappa shape index (κ1) is 15.3. The summed E-state index contributed by atoms with van der Waals surface area (Å²) in [5.74, 6) is 0.664. The molecule has 1 fully saturated rings. The Morgan fingerprint density at radius 2 is 2.15 bits per heavy atom. The van der Waals surface area contributed by atoms with E-state index in [9.17, 15) is 4.79 Å². The van der Waals surface area contributed by atoms with Gasteiger partial charge in [-0.1, -0.05) is 19.1 Å². The highest BCUT2D eigenvalue weighted by molar-refractivity contribution is 5.74. The number of hydrogen-bond donors (Lipinski definition) is 3. The minimum Gasteiger partial charge on any atom is -0.396 e. The van der Waals surface area contributed by atoms with Gasteiger partial charge < -0.3 is 20.6 Å². The number of rotatable bonds is 6. The third-order valence-corrected chi connectivity index (χ3v) is 4.10. The zero-order valence-electron chi connectivity index (χ0n) is 12.3. The Kier molecular flexibility index (Phi) is 5.86. The van der Waals surface area contributed by atoms with E-state index in [0.29, 0.717) is 12.5 Å². The Labute approximate surface area is 121 Å². The summed E-state index contributed by atoms with van der Waals surface area (Å²) in [5.41, 5.74) is 0. The lowest BCUT2D eigenvalue weighted by molar-refractivity contribution is 0.227. The number of amides is 2. The highest BCUT2D eigenvalue weighted by atomic mass is 16.3. The zero-order chi connectivity index (χ0) is 14.4. The maximum Gasteiger partial charge on any atom is 0.315 e. The lowest BCUT2D eigenvalue weighted by atomic mass is 10.1. The fraction of sp³-hybridized carbons (Fsp3) is 0.800. The summed E-state index contributed by atoms with van der Waals surface area (Å²) in [6.07, 6.45) is 7.35. The van der Waals surface area contributed by atoms with E-state index in [1.807, 2.05) is 12.2 Å². The van der Waals surface area contributed by atoms with Crippen LogP contribution in [-0.4, -0.2) is 54.9 Å². The Hall–Kier alpha value is -1.07. The van der Waals surface area contributed by atoms with Gasteiger partial charge in [-0.15, -0.1) is 0 Å². The van der Waals surface area contributed by atoms with E-state index in [2.05, 4.69) is 22.5 Å². The molecule has 5 nitrogen and oxygen atoms in total. The Balaban J connectivity index is 1.59. The van der Waals surface area contributed by atoms with E-state index in [0.717, 1.165) is 13.0 Å². The van der Waals surface area contributed by atoms with Crippen LogP contribution in [0.2, 0.25) is 0 Å². The molecule has 2 aliphatic rings. The van der Waals surface area contributed by atoms with Crippen molar-refractivity contribution in [3.63, 3.8) is 0 Å². The van der Waals surface area contributed by atoms with Crippen molar-refractivity contribution in [1.82, 2.24) is 15.5 Å². The number of urea groups is 1. The van der Waals surface area contributed by atoms with Crippen molar-refractivity contribution in [2.45, 2.75) is 32.2 Å². The first-order chi connectivity index (χ1) is 9.67. The SMILES string of the molecule is CC(CNC(=O)N[C@@H]1C=C[C@H](CO)C1)CN1CCCC1. The molecule has 3 N–H and O–H groups in total. The van der Waals surface area contributed by atoms with Crippen molar-refractivity contribution in [2.75, 3.05) is 32.8 Å². The second-order valence-electron chi connectivity index (χ2n) is 6.14. The summed E-state index contributed by atoms with van der Waals surface area (Å²) in [4.78, 5) is 14.3. The van der Waals surface area contributed by atoms with Crippen molar-refractivity contribution in [1.29, 1.82) is 0 Å². The van der Waals surface area contributed by atoms with Crippen LogP contribution in [0.4, 0.5) is 4.79 Å². The van der Waals surface area contributed by atoms with Gasteiger partial charge in [-0.05, 0) is 38.3 Å². The summed E-state index contributed by atoms with van der Waals surface area (Å²) in [6.45, 7) is 6.51. The molecule has 0 aromatic heterocycles. The van der Waals surface area contributed by atoms with Crippen LogP contribution in [0.3, 0.4) is 0 Å². The molecule has 1 heterocycles. The number of carbonyl (C=O) groups is 1. The van der Waals surface area contributed by atoms with Gasteiger partial charge in [0.15, 0.2) is 0 Å². The molecule has 1 aliphatic heterocycles. The Bertz CT molecular complexity index is 340. The van der Waals surface area contributed by atoms with Crippen molar-refractivity contribution >= 4 is 6.03 Å².